The molecule has 1 aromatic rings. The smallest absolute Gasteiger partial charge is 0.115 e. The van der Waals surface area contributed by atoms with Gasteiger partial charge in [0, 0.05) is 13.7 Å². The lowest BCUT2D eigenvalue weighted by Gasteiger charge is -2.53. The number of aliphatic hydroxyl groups is 1. The van der Waals surface area contributed by atoms with Crippen LogP contribution in [0.1, 0.15) is 49.7 Å². The molecule has 3 heteroatoms. The number of phenolic OH excluding ortho intramolecular Hbond substituents is 1. The van der Waals surface area contributed by atoms with Gasteiger partial charge in [-0.15, -0.1) is 0 Å². The van der Waals surface area contributed by atoms with Crippen molar-refractivity contribution in [2.75, 3.05) is 13.7 Å². The van der Waals surface area contributed by atoms with Crippen LogP contribution in [0.3, 0.4) is 0 Å². The minimum Gasteiger partial charge on any atom is -0.508 e. The van der Waals surface area contributed by atoms with Crippen molar-refractivity contribution < 1.29 is 14.9 Å². The molecule has 6 atom stereocenters. The third-order valence-electron chi connectivity index (χ3n) is 7.22. The molecule has 2 N–H and O–H groups in total. The highest BCUT2D eigenvalue weighted by atomic mass is 16.5. The molecule has 3 nitrogen and oxygen atoms in total. The zero-order chi connectivity index (χ0) is 16.2. The zero-order valence-electron chi connectivity index (χ0n) is 14.2. The first-order valence-corrected chi connectivity index (χ1v) is 9.03. The molecule has 126 valence electrons. The van der Waals surface area contributed by atoms with Crippen molar-refractivity contribution in [1.29, 1.82) is 0 Å². The second kappa shape index (κ2) is 5.49. The normalized spacial score (nSPS) is 42.0. The quantitative estimate of drug-likeness (QED) is 0.878. The summed E-state index contributed by atoms with van der Waals surface area (Å²) in [6.45, 7) is 3.08. The van der Waals surface area contributed by atoms with Gasteiger partial charge in [-0.3, -0.25) is 0 Å². The maximum atomic E-state index is 10.6. The lowest BCUT2D eigenvalue weighted by atomic mass is 9.52. The van der Waals surface area contributed by atoms with Gasteiger partial charge in [-0.2, -0.15) is 0 Å². The summed E-state index contributed by atoms with van der Waals surface area (Å²) in [6.07, 6.45) is 5.20. The molecule has 0 amide bonds. The van der Waals surface area contributed by atoms with Crippen LogP contribution in [0.2, 0.25) is 0 Å². The van der Waals surface area contributed by atoms with E-state index in [1.165, 1.54) is 11.1 Å². The molecule has 0 aromatic heterocycles. The third kappa shape index (κ3) is 2.24. The van der Waals surface area contributed by atoms with Gasteiger partial charge in [0.2, 0.25) is 0 Å². The van der Waals surface area contributed by atoms with E-state index < -0.39 is 0 Å². The molecule has 0 bridgehead atoms. The fourth-order valence-electron chi connectivity index (χ4n) is 6.12. The summed E-state index contributed by atoms with van der Waals surface area (Å²) in [6, 6.07) is 5.93. The molecule has 2 saturated carbocycles. The van der Waals surface area contributed by atoms with Gasteiger partial charge in [-0.1, -0.05) is 13.0 Å². The van der Waals surface area contributed by atoms with Crippen LogP contribution in [0.5, 0.6) is 5.75 Å². The van der Waals surface area contributed by atoms with E-state index in [1.54, 1.807) is 7.11 Å². The standard InChI is InChI=1S/C20H28O3/c1-20-8-7-16-15-4-3-14(21)10-12(15)9-13(11-23-2)19(16)17(20)5-6-18(20)22/h3-4,10,13,16-19,21-22H,5-9,11H2,1-2H3/t13-,16+,17-,18?,19+,20-/m0/s1. The monoisotopic (exact) mass is 316 g/mol. The average Bonchev–Trinajstić information content (AvgIpc) is 2.83. The van der Waals surface area contributed by atoms with Gasteiger partial charge in [0.15, 0.2) is 0 Å². The summed E-state index contributed by atoms with van der Waals surface area (Å²) in [7, 11) is 1.79. The highest BCUT2D eigenvalue weighted by molar-refractivity contribution is 5.40. The molecule has 23 heavy (non-hydrogen) atoms. The fraction of sp³-hybridized carbons (Fsp3) is 0.700. The Labute approximate surface area is 138 Å². The Hall–Kier alpha value is -1.06. The Morgan fingerprint density at radius 3 is 2.87 bits per heavy atom. The topological polar surface area (TPSA) is 49.7 Å². The first-order valence-electron chi connectivity index (χ1n) is 9.03. The fourth-order valence-corrected chi connectivity index (χ4v) is 6.12. The SMILES string of the molecule is COC[C@@H]1Cc2cc(O)ccc2[C@H]2CC[C@]3(C)C(O)CC[C@H]3[C@H]12. The van der Waals surface area contributed by atoms with E-state index in [4.69, 9.17) is 4.74 Å². The van der Waals surface area contributed by atoms with Crippen molar-refractivity contribution in [3.8, 4) is 5.75 Å². The Balaban J connectivity index is 1.76. The Bertz CT molecular complexity index is 599. The Morgan fingerprint density at radius 2 is 2.09 bits per heavy atom. The molecule has 1 unspecified atom stereocenters. The van der Waals surface area contributed by atoms with E-state index in [2.05, 4.69) is 13.0 Å². The third-order valence-corrected chi connectivity index (χ3v) is 7.22. The first kappa shape index (κ1) is 15.5. The lowest BCUT2D eigenvalue weighted by molar-refractivity contribution is -0.0492. The van der Waals surface area contributed by atoms with Gasteiger partial charge in [0.25, 0.3) is 0 Å². The molecule has 0 spiro atoms. The minimum absolute atomic E-state index is 0.0849. The number of fused-ring (bicyclic) bond motifs is 5. The van der Waals surface area contributed by atoms with Gasteiger partial charge in [0.05, 0.1) is 6.10 Å². The number of hydrogen-bond donors (Lipinski definition) is 2. The number of ether oxygens (including phenoxy) is 1. The Kier molecular flexibility index (Phi) is 3.69. The number of aromatic hydroxyl groups is 1. The van der Waals surface area contributed by atoms with Crippen LogP contribution >= 0.6 is 0 Å². The van der Waals surface area contributed by atoms with Crippen molar-refractivity contribution >= 4 is 0 Å². The van der Waals surface area contributed by atoms with Crippen molar-refractivity contribution in [1.82, 2.24) is 0 Å². The molecule has 3 aliphatic rings. The molecule has 0 saturated heterocycles. The molecule has 4 rings (SSSR count). The van der Waals surface area contributed by atoms with E-state index in [1.807, 2.05) is 12.1 Å². The summed E-state index contributed by atoms with van der Waals surface area (Å²) in [5.41, 5.74) is 2.82. The molecule has 0 heterocycles. The predicted octanol–water partition coefficient (Wildman–Crippen LogP) is 3.48. The second-order valence-electron chi connectivity index (χ2n) is 8.23. The van der Waals surface area contributed by atoms with Crippen molar-refractivity contribution in [2.24, 2.45) is 23.2 Å². The summed E-state index contributed by atoms with van der Waals surface area (Å²) in [5.74, 6) is 2.62. The minimum atomic E-state index is -0.141. The maximum Gasteiger partial charge on any atom is 0.115 e. The Morgan fingerprint density at radius 1 is 1.26 bits per heavy atom. The van der Waals surface area contributed by atoms with Gasteiger partial charge < -0.3 is 14.9 Å². The summed E-state index contributed by atoms with van der Waals surface area (Å²) < 4.78 is 5.56. The van der Waals surface area contributed by atoms with Gasteiger partial charge >= 0.3 is 0 Å². The molecular weight excluding hydrogens is 288 g/mol. The predicted molar refractivity (Wildman–Crippen MR) is 89.5 cm³/mol. The van der Waals surface area contributed by atoms with Crippen molar-refractivity contribution in [2.45, 2.75) is 51.0 Å². The summed E-state index contributed by atoms with van der Waals surface area (Å²) >= 11 is 0. The van der Waals surface area contributed by atoms with E-state index in [9.17, 15) is 10.2 Å². The van der Waals surface area contributed by atoms with Crippen LogP contribution in [0.25, 0.3) is 0 Å². The number of phenols is 1. The van der Waals surface area contributed by atoms with Crippen molar-refractivity contribution in [3.05, 3.63) is 29.3 Å². The second-order valence-corrected chi connectivity index (χ2v) is 8.23. The molecule has 0 aliphatic heterocycles. The molecular formula is C20H28O3. The molecule has 2 fully saturated rings. The van der Waals surface area contributed by atoms with Crippen molar-refractivity contribution in [3.63, 3.8) is 0 Å². The maximum absolute atomic E-state index is 10.6. The number of hydrogen-bond acceptors (Lipinski definition) is 3. The zero-order valence-corrected chi connectivity index (χ0v) is 14.2. The van der Waals surface area contributed by atoms with E-state index in [-0.39, 0.29) is 11.5 Å². The van der Waals surface area contributed by atoms with Crippen LogP contribution in [0, 0.1) is 23.2 Å². The van der Waals surface area contributed by atoms with Gasteiger partial charge in [0.1, 0.15) is 5.75 Å². The highest BCUT2D eigenvalue weighted by Gasteiger charge is 2.56. The van der Waals surface area contributed by atoms with E-state index >= 15 is 0 Å². The van der Waals surface area contributed by atoms with Gasteiger partial charge in [-0.05, 0) is 84.5 Å². The molecule has 3 aliphatic carbocycles. The summed E-state index contributed by atoms with van der Waals surface area (Å²) in [5, 5.41) is 20.4. The average molecular weight is 316 g/mol. The van der Waals surface area contributed by atoms with Gasteiger partial charge in [-0.25, -0.2) is 0 Å². The largest absolute Gasteiger partial charge is 0.508 e. The number of methoxy groups -OCH3 is 1. The molecule has 0 radical (unpaired) electrons. The lowest BCUT2D eigenvalue weighted by Crippen LogP contribution is -2.48. The van der Waals surface area contributed by atoms with Crippen LogP contribution in [0.4, 0.5) is 0 Å². The number of rotatable bonds is 2. The van der Waals surface area contributed by atoms with Crippen LogP contribution < -0.4 is 0 Å². The highest BCUT2D eigenvalue weighted by Crippen LogP contribution is 2.62. The number of benzene rings is 1. The molecule has 1 aromatic carbocycles. The van der Waals surface area contributed by atoms with E-state index in [0.717, 1.165) is 38.7 Å². The van der Waals surface area contributed by atoms with Crippen LogP contribution in [0.15, 0.2) is 18.2 Å². The van der Waals surface area contributed by atoms with E-state index in [0.29, 0.717) is 29.4 Å². The number of aliphatic hydroxyl groups excluding tert-OH is 1. The van der Waals surface area contributed by atoms with Crippen LogP contribution in [-0.4, -0.2) is 30.0 Å². The van der Waals surface area contributed by atoms with Crippen LogP contribution in [-0.2, 0) is 11.2 Å². The first-order chi connectivity index (χ1) is 11.0. The summed E-state index contributed by atoms with van der Waals surface area (Å²) in [4.78, 5) is 0.